The topological polar surface area (TPSA) is 101 Å². The predicted molar refractivity (Wildman–Crippen MR) is 144 cm³/mol. The summed E-state index contributed by atoms with van der Waals surface area (Å²) < 4.78 is 12.0. The second-order valence-electron chi connectivity index (χ2n) is 12.3. The van der Waals surface area contributed by atoms with Crippen LogP contribution in [0.3, 0.4) is 0 Å². The highest BCUT2D eigenvalue weighted by Crippen LogP contribution is 2.36. The van der Waals surface area contributed by atoms with Gasteiger partial charge in [-0.3, -0.25) is 19.6 Å². The zero-order valence-electron chi connectivity index (χ0n) is 23.3. The van der Waals surface area contributed by atoms with Crippen LogP contribution in [0.25, 0.3) is 0 Å². The van der Waals surface area contributed by atoms with Gasteiger partial charge < -0.3 is 20.1 Å². The van der Waals surface area contributed by atoms with E-state index in [-0.39, 0.29) is 23.7 Å². The van der Waals surface area contributed by atoms with E-state index < -0.39 is 22.3 Å². The number of carbonyl (C=O) groups is 2. The maximum Gasteiger partial charge on any atom is 0.258 e. The van der Waals surface area contributed by atoms with Crippen LogP contribution in [0.5, 0.6) is 0 Å². The average Bonchev–Trinajstić information content (AvgIpc) is 2.84. The molecule has 2 amide bonds. The lowest BCUT2D eigenvalue weighted by molar-refractivity contribution is -0.144. The van der Waals surface area contributed by atoms with E-state index in [1.807, 2.05) is 27.7 Å². The Morgan fingerprint density at radius 1 is 0.667 bits per heavy atom. The number of nitrogens with one attached hydrogen (secondary N) is 2. The monoisotopic (exact) mass is 504 g/mol. The summed E-state index contributed by atoms with van der Waals surface area (Å²) in [6.45, 7) is 8.43. The first-order valence-electron chi connectivity index (χ1n) is 13.8. The van der Waals surface area contributed by atoms with Gasteiger partial charge in [-0.1, -0.05) is 38.5 Å². The number of hydrogen-bond donors (Lipinski definition) is 2. The molecule has 0 spiro atoms. The molecule has 8 nitrogen and oxygen atoms in total. The molecule has 1 aliphatic heterocycles. The van der Waals surface area contributed by atoms with Crippen molar-refractivity contribution in [3.05, 3.63) is 0 Å². The number of methoxy groups -OCH3 is 2. The molecule has 0 aromatic carbocycles. The molecule has 3 aliphatic rings. The van der Waals surface area contributed by atoms with Crippen LogP contribution in [0.2, 0.25) is 0 Å². The zero-order chi connectivity index (χ0) is 26.5. The second kappa shape index (κ2) is 11.7. The molecule has 0 aromatic heterocycles. The normalized spacial score (nSPS) is 32.9. The Kier molecular flexibility index (Phi) is 9.36. The third-order valence-corrected chi connectivity index (χ3v) is 8.25. The highest BCUT2D eigenvalue weighted by Gasteiger charge is 2.48. The molecule has 36 heavy (non-hydrogen) atoms. The number of ether oxygens (including phenoxy) is 2. The van der Waals surface area contributed by atoms with E-state index in [1.165, 1.54) is 12.8 Å². The van der Waals surface area contributed by atoms with E-state index in [0.29, 0.717) is 13.1 Å². The summed E-state index contributed by atoms with van der Waals surface area (Å²) in [4.78, 5) is 37.1. The number of nitrogens with zero attached hydrogens (tertiary/aromatic N) is 2. The number of amides is 2. The highest BCUT2D eigenvalue weighted by molar-refractivity contribution is 6.04. The van der Waals surface area contributed by atoms with Crippen molar-refractivity contribution in [3.8, 4) is 0 Å². The molecular formula is C28H48N4O4. The van der Waals surface area contributed by atoms with Crippen molar-refractivity contribution in [2.45, 2.75) is 114 Å². The highest BCUT2D eigenvalue weighted by atomic mass is 16.5. The molecule has 2 N–H and O–H groups in total. The molecule has 2 unspecified atom stereocenters. The van der Waals surface area contributed by atoms with Crippen LogP contribution in [0, 0.1) is 11.8 Å². The maximum atomic E-state index is 13.8. The Hall–Kier alpha value is -1.80. The summed E-state index contributed by atoms with van der Waals surface area (Å²) in [7, 11) is 3.19. The molecule has 0 saturated heterocycles. The molecule has 2 aliphatic carbocycles. The summed E-state index contributed by atoms with van der Waals surface area (Å²) in [5.41, 5.74) is -3.59. The van der Waals surface area contributed by atoms with Gasteiger partial charge >= 0.3 is 0 Å². The molecule has 0 aromatic rings. The molecular weight excluding hydrogens is 456 g/mol. The summed E-state index contributed by atoms with van der Waals surface area (Å²) in [6, 6.07) is 0. The van der Waals surface area contributed by atoms with Gasteiger partial charge in [0, 0.05) is 38.5 Å². The zero-order valence-corrected chi connectivity index (χ0v) is 23.3. The van der Waals surface area contributed by atoms with Crippen LogP contribution in [-0.2, 0) is 19.1 Å². The predicted octanol–water partition coefficient (Wildman–Crippen LogP) is 3.86. The van der Waals surface area contributed by atoms with Crippen LogP contribution in [0.4, 0.5) is 0 Å². The molecule has 3 rings (SSSR count). The van der Waals surface area contributed by atoms with Crippen LogP contribution in [-0.4, -0.2) is 73.8 Å². The van der Waals surface area contributed by atoms with Crippen molar-refractivity contribution in [2.24, 2.45) is 21.8 Å². The molecule has 0 radical (unpaired) electrons. The van der Waals surface area contributed by atoms with Gasteiger partial charge in [0.05, 0.1) is 24.2 Å². The minimum Gasteiger partial charge on any atom is -0.362 e. The van der Waals surface area contributed by atoms with Crippen molar-refractivity contribution >= 4 is 24.2 Å². The average molecular weight is 505 g/mol. The number of rotatable bonds is 4. The Labute approximate surface area is 217 Å². The van der Waals surface area contributed by atoms with E-state index in [2.05, 4.69) is 10.6 Å². The van der Waals surface area contributed by atoms with Gasteiger partial charge in [0.25, 0.3) is 11.8 Å². The van der Waals surface area contributed by atoms with Crippen LogP contribution < -0.4 is 10.6 Å². The van der Waals surface area contributed by atoms with Gasteiger partial charge in [-0.25, -0.2) is 0 Å². The maximum absolute atomic E-state index is 13.8. The molecule has 204 valence electrons. The van der Waals surface area contributed by atoms with E-state index >= 15 is 0 Å². The quantitative estimate of drug-likeness (QED) is 0.607. The van der Waals surface area contributed by atoms with Gasteiger partial charge in [0.15, 0.2) is 11.2 Å². The summed E-state index contributed by atoms with van der Waals surface area (Å²) in [5, 5.41) is 6.39. The molecule has 2 fully saturated rings. The lowest BCUT2D eigenvalue weighted by Gasteiger charge is -2.41. The SMILES string of the molecule is COC1(C2CCCCC2)C=NCC(C)(C)NC(=O)C(OC)(C2CCCCC2)C=NCC(C)(C)NC1=O. The Bertz CT molecular complexity index is 759. The lowest BCUT2D eigenvalue weighted by Crippen LogP contribution is -2.62. The van der Waals surface area contributed by atoms with Crippen molar-refractivity contribution in [1.29, 1.82) is 0 Å². The second-order valence-corrected chi connectivity index (χ2v) is 12.3. The van der Waals surface area contributed by atoms with Crippen molar-refractivity contribution in [1.82, 2.24) is 10.6 Å². The number of hydrogen-bond acceptors (Lipinski definition) is 6. The van der Waals surface area contributed by atoms with Crippen molar-refractivity contribution in [3.63, 3.8) is 0 Å². The Morgan fingerprint density at radius 3 is 1.31 bits per heavy atom. The summed E-state index contributed by atoms with van der Waals surface area (Å²) in [5.74, 6) is -0.246. The minimum atomic E-state index is -1.15. The third-order valence-electron chi connectivity index (χ3n) is 8.25. The van der Waals surface area contributed by atoms with E-state index in [1.54, 1.807) is 26.6 Å². The first-order chi connectivity index (χ1) is 17.0. The standard InChI is InChI=1S/C28H48N4O4/c1-25(2)17-29-19-28(36-6,22-15-11-8-12-16-22)24(34)32-26(3,4)18-30-20-27(35-5,23(33)31-25)21-13-9-7-10-14-21/h19-22H,7-18H2,1-6H3,(H,31,33)(H,32,34). The minimum absolute atomic E-state index is 0.0531. The largest absolute Gasteiger partial charge is 0.362 e. The first kappa shape index (κ1) is 28.8. The van der Waals surface area contributed by atoms with Gasteiger partial charge in [0.2, 0.25) is 0 Å². The van der Waals surface area contributed by atoms with Crippen LogP contribution in [0.15, 0.2) is 9.98 Å². The molecule has 2 atom stereocenters. The fourth-order valence-corrected chi connectivity index (χ4v) is 6.09. The van der Waals surface area contributed by atoms with Crippen LogP contribution >= 0.6 is 0 Å². The lowest BCUT2D eigenvalue weighted by atomic mass is 9.76. The Balaban J connectivity index is 2.00. The fourth-order valence-electron chi connectivity index (χ4n) is 6.09. The van der Waals surface area contributed by atoms with E-state index in [9.17, 15) is 9.59 Å². The summed E-state index contributed by atoms with van der Waals surface area (Å²) in [6.07, 6.45) is 13.7. The molecule has 1 heterocycles. The molecule has 0 bridgehead atoms. The molecule has 2 saturated carbocycles. The van der Waals surface area contributed by atoms with E-state index in [0.717, 1.165) is 51.4 Å². The number of aliphatic imine (C=N–C) groups is 2. The van der Waals surface area contributed by atoms with Crippen molar-refractivity contribution in [2.75, 3.05) is 27.3 Å². The summed E-state index contributed by atoms with van der Waals surface area (Å²) >= 11 is 0. The van der Waals surface area contributed by atoms with Gasteiger partial charge in [-0.05, 0) is 53.4 Å². The molecule has 8 heteroatoms. The third kappa shape index (κ3) is 6.36. The fraction of sp³-hybridized carbons (Fsp3) is 0.857. The van der Waals surface area contributed by atoms with Gasteiger partial charge in [-0.2, -0.15) is 0 Å². The smallest absolute Gasteiger partial charge is 0.258 e. The van der Waals surface area contributed by atoms with Gasteiger partial charge in [0.1, 0.15) is 0 Å². The van der Waals surface area contributed by atoms with Crippen molar-refractivity contribution < 1.29 is 19.1 Å². The van der Waals surface area contributed by atoms with Gasteiger partial charge in [-0.15, -0.1) is 0 Å². The first-order valence-corrected chi connectivity index (χ1v) is 13.8. The number of carbonyl (C=O) groups excluding carboxylic acids is 2. The van der Waals surface area contributed by atoms with Crippen LogP contribution in [0.1, 0.15) is 91.9 Å². The Morgan fingerprint density at radius 2 is 1.00 bits per heavy atom. The van der Waals surface area contributed by atoms with E-state index in [4.69, 9.17) is 19.5 Å².